The van der Waals surface area contributed by atoms with E-state index in [9.17, 15) is 4.89 Å². The fourth-order valence-electron chi connectivity index (χ4n) is 1.75. The van der Waals surface area contributed by atoms with Crippen LogP contribution in [0.1, 0.15) is 20.8 Å². The van der Waals surface area contributed by atoms with Crippen LogP contribution in [0.3, 0.4) is 0 Å². The molecule has 2 aromatic carbocycles. The third kappa shape index (κ3) is 2.11. The Kier molecular flexibility index (Phi) is 3.01. The topological polar surface area (TPSA) is 20.2 Å². The number of hydrogen-bond acceptors (Lipinski definition) is 1. The quantitative estimate of drug-likeness (QED) is 0.744. The molecule has 1 atom stereocenters. The molecule has 2 aromatic rings. The summed E-state index contributed by atoms with van der Waals surface area (Å²) in [5, 5.41) is 3.39. The third-order valence-corrected chi connectivity index (χ3v) is 4.75. The normalized spacial score (nSPS) is 14.0. The van der Waals surface area contributed by atoms with Gasteiger partial charge in [-0.15, -0.1) is 0 Å². The number of fused-ring (bicyclic) bond motifs is 1. The minimum atomic E-state index is -1.12. The van der Waals surface area contributed by atoms with Crippen LogP contribution in [0.2, 0.25) is 0 Å². The van der Waals surface area contributed by atoms with Crippen molar-refractivity contribution in [1.82, 2.24) is 0 Å². The standard InChI is InChI=1S/C14H17OP/c1-14(2,3)16(15)13-10-6-8-11-7-4-5-9-12(11)13/h4-10,15H,1-3H3. The molecule has 0 heterocycles. The lowest BCUT2D eigenvalue weighted by molar-refractivity contribution is 0.589. The summed E-state index contributed by atoms with van der Waals surface area (Å²) >= 11 is 0. The largest absolute Gasteiger partial charge is 0.368 e. The van der Waals surface area contributed by atoms with Crippen LogP contribution in [0.15, 0.2) is 42.5 Å². The Bertz CT molecular complexity index is 494. The van der Waals surface area contributed by atoms with Crippen molar-refractivity contribution >= 4 is 24.2 Å². The van der Waals surface area contributed by atoms with Crippen LogP contribution in [0, 0.1) is 0 Å². The fourth-order valence-corrected chi connectivity index (χ4v) is 3.14. The van der Waals surface area contributed by atoms with Gasteiger partial charge in [0.2, 0.25) is 0 Å². The molecular formula is C14H17OP. The maximum absolute atomic E-state index is 10.4. The van der Waals surface area contributed by atoms with Crippen molar-refractivity contribution in [2.75, 3.05) is 0 Å². The first kappa shape index (κ1) is 11.6. The molecule has 0 aliphatic rings. The minimum absolute atomic E-state index is 0.0700. The summed E-state index contributed by atoms with van der Waals surface area (Å²) in [6, 6.07) is 14.4. The van der Waals surface area contributed by atoms with Gasteiger partial charge in [0.25, 0.3) is 0 Å². The van der Waals surface area contributed by atoms with Crippen molar-refractivity contribution < 1.29 is 4.89 Å². The zero-order valence-electron chi connectivity index (χ0n) is 9.94. The zero-order valence-corrected chi connectivity index (χ0v) is 10.8. The molecule has 0 aliphatic heterocycles. The molecule has 0 saturated heterocycles. The summed E-state index contributed by atoms with van der Waals surface area (Å²) < 4.78 is 0. The van der Waals surface area contributed by atoms with Crippen molar-refractivity contribution in [3.8, 4) is 0 Å². The van der Waals surface area contributed by atoms with Crippen molar-refractivity contribution in [3.63, 3.8) is 0 Å². The number of hydrogen-bond donors (Lipinski definition) is 1. The highest BCUT2D eigenvalue weighted by molar-refractivity contribution is 7.62. The van der Waals surface area contributed by atoms with E-state index >= 15 is 0 Å². The molecule has 0 radical (unpaired) electrons. The van der Waals surface area contributed by atoms with E-state index < -0.39 is 8.15 Å². The van der Waals surface area contributed by atoms with Gasteiger partial charge in [0.15, 0.2) is 0 Å². The SMILES string of the molecule is CC(C)(C)P(O)c1cccc2ccccc12. The average molecular weight is 232 g/mol. The van der Waals surface area contributed by atoms with Crippen LogP contribution in [-0.4, -0.2) is 10.0 Å². The van der Waals surface area contributed by atoms with Gasteiger partial charge in [0.1, 0.15) is 0 Å². The highest BCUT2D eigenvalue weighted by atomic mass is 31.1. The van der Waals surface area contributed by atoms with Crippen LogP contribution in [0.25, 0.3) is 10.8 Å². The van der Waals surface area contributed by atoms with Crippen LogP contribution in [0.4, 0.5) is 0 Å². The molecule has 2 heteroatoms. The molecule has 1 unspecified atom stereocenters. The summed E-state index contributed by atoms with van der Waals surface area (Å²) in [5.74, 6) is 0. The van der Waals surface area contributed by atoms with Gasteiger partial charge in [-0.1, -0.05) is 63.2 Å². The highest BCUT2D eigenvalue weighted by Gasteiger charge is 2.25. The first-order valence-electron chi connectivity index (χ1n) is 5.47. The maximum atomic E-state index is 10.4. The third-order valence-electron chi connectivity index (χ3n) is 2.63. The van der Waals surface area contributed by atoms with Crippen molar-refractivity contribution in [3.05, 3.63) is 42.5 Å². The smallest absolute Gasteiger partial charge is 0.0624 e. The van der Waals surface area contributed by atoms with E-state index in [0.717, 1.165) is 5.30 Å². The van der Waals surface area contributed by atoms with Gasteiger partial charge in [-0.05, 0) is 10.8 Å². The Hall–Kier alpha value is -0.910. The lowest BCUT2D eigenvalue weighted by Gasteiger charge is -2.26. The molecule has 0 fully saturated rings. The molecule has 0 saturated carbocycles. The van der Waals surface area contributed by atoms with Crippen molar-refractivity contribution in [2.24, 2.45) is 0 Å². The number of rotatable bonds is 1. The Morgan fingerprint density at radius 1 is 0.938 bits per heavy atom. The molecule has 2 rings (SSSR count). The molecule has 1 nitrogen and oxygen atoms in total. The Balaban J connectivity index is 2.61. The first-order chi connectivity index (χ1) is 7.50. The van der Waals surface area contributed by atoms with E-state index in [2.05, 4.69) is 39.0 Å². The van der Waals surface area contributed by atoms with Gasteiger partial charge < -0.3 is 4.89 Å². The molecule has 16 heavy (non-hydrogen) atoms. The fraction of sp³-hybridized carbons (Fsp3) is 0.286. The first-order valence-corrected chi connectivity index (χ1v) is 6.76. The van der Waals surface area contributed by atoms with Gasteiger partial charge >= 0.3 is 0 Å². The average Bonchev–Trinajstić information content (AvgIpc) is 2.26. The van der Waals surface area contributed by atoms with Crippen LogP contribution < -0.4 is 5.30 Å². The van der Waals surface area contributed by atoms with Gasteiger partial charge in [-0.3, -0.25) is 0 Å². The molecule has 0 amide bonds. The molecule has 0 aliphatic carbocycles. The molecular weight excluding hydrogens is 215 g/mol. The van der Waals surface area contributed by atoms with Gasteiger partial charge in [0, 0.05) is 10.5 Å². The van der Waals surface area contributed by atoms with Gasteiger partial charge in [-0.25, -0.2) is 0 Å². The summed E-state index contributed by atoms with van der Waals surface area (Å²) in [6.07, 6.45) is 0. The summed E-state index contributed by atoms with van der Waals surface area (Å²) in [7, 11) is -1.12. The summed E-state index contributed by atoms with van der Waals surface area (Å²) in [6.45, 7) is 6.25. The van der Waals surface area contributed by atoms with E-state index in [0.29, 0.717) is 0 Å². The number of benzene rings is 2. The van der Waals surface area contributed by atoms with E-state index in [4.69, 9.17) is 0 Å². The predicted octanol–water partition coefficient (Wildman–Crippen LogP) is 3.65. The molecule has 0 bridgehead atoms. The van der Waals surface area contributed by atoms with Crippen LogP contribution in [0.5, 0.6) is 0 Å². The Morgan fingerprint density at radius 2 is 1.56 bits per heavy atom. The second-order valence-corrected chi connectivity index (χ2v) is 7.43. The van der Waals surface area contributed by atoms with E-state index in [1.165, 1.54) is 10.8 Å². The Morgan fingerprint density at radius 3 is 2.25 bits per heavy atom. The van der Waals surface area contributed by atoms with Crippen LogP contribution >= 0.6 is 8.15 Å². The van der Waals surface area contributed by atoms with E-state index in [1.54, 1.807) is 0 Å². The van der Waals surface area contributed by atoms with Crippen molar-refractivity contribution in [2.45, 2.75) is 25.9 Å². The molecule has 84 valence electrons. The monoisotopic (exact) mass is 232 g/mol. The predicted molar refractivity (Wildman–Crippen MR) is 72.5 cm³/mol. The van der Waals surface area contributed by atoms with Crippen LogP contribution in [-0.2, 0) is 0 Å². The molecule has 0 spiro atoms. The van der Waals surface area contributed by atoms with Gasteiger partial charge in [0.05, 0.1) is 8.15 Å². The summed E-state index contributed by atoms with van der Waals surface area (Å²) in [5.41, 5.74) is 0. The van der Waals surface area contributed by atoms with Gasteiger partial charge in [-0.2, -0.15) is 0 Å². The maximum Gasteiger partial charge on any atom is 0.0624 e. The van der Waals surface area contributed by atoms with Crippen molar-refractivity contribution in [1.29, 1.82) is 0 Å². The minimum Gasteiger partial charge on any atom is -0.368 e. The highest BCUT2D eigenvalue weighted by Crippen LogP contribution is 2.45. The van der Waals surface area contributed by atoms with E-state index in [-0.39, 0.29) is 5.16 Å². The molecule has 0 aromatic heterocycles. The second kappa shape index (κ2) is 4.16. The summed E-state index contributed by atoms with van der Waals surface area (Å²) in [4.78, 5) is 10.4. The molecule has 1 N–H and O–H groups in total. The zero-order chi connectivity index (χ0) is 11.8. The lowest BCUT2D eigenvalue weighted by atomic mass is 10.1. The van der Waals surface area contributed by atoms with E-state index in [1.807, 2.05) is 24.3 Å². The second-order valence-electron chi connectivity index (χ2n) is 4.98. The lowest BCUT2D eigenvalue weighted by Crippen LogP contribution is -2.19. The Labute approximate surface area is 98.0 Å².